The van der Waals surface area contributed by atoms with Crippen LogP contribution in [0.4, 0.5) is 0 Å². The first-order valence-corrected chi connectivity index (χ1v) is 5.08. The number of nitrogens with one attached hydrogen (secondary N) is 1. The fraction of sp³-hybridized carbons (Fsp3) is 0.250. The van der Waals surface area contributed by atoms with Gasteiger partial charge in [-0.2, -0.15) is 0 Å². The van der Waals surface area contributed by atoms with Gasteiger partial charge in [0.1, 0.15) is 0 Å². The van der Waals surface area contributed by atoms with E-state index in [1.54, 1.807) is 6.26 Å². The first-order valence-electron chi connectivity index (χ1n) is 4.00. The van der Waals surface area contributed by atoms with Crippen molar-refractivity contribution >= 4 is 22.6 Å². The molecule has 0 spiro atoms. The summed E-state index contributed by atoms with van der Waals surface area (Å²) >= 11 is 1.87. The standard InChI is InChI=1S/C8H7IN2O3/c9-5-4-11(6-2-1-3-14-6)8(13)10-7(5)12/h1,3-4,6H,2H2,(H,10,12,13)/t6-/m1/s1. The average Bonchev–Trinajstić information content (AvgIpc) is 2.64. The van der Waals surface area contributed by atoms with Gasteiger partial charge in [0.25, 0.3) is 5.56 Å². The first kappa shape index (κ1) is 9.50. The molecule has 1 atom stereocenters. The number of aromatic nitrogens is 2. The van der Waals surface area contributed by atoms with Crippen LogP contribution in [0, 0.1) is 3.57 Å². The monoisotopic (exact) mass is 306 g/mol. The molecule has 0 amide bonds. The van der Waals surface area contributed by atoms with Crippen molar-refractivity contribution in [2.75, 3.05) is 0 Å². The van der Waals surface area contributed by atoms with E-state index in [0.29, 0.717) is 9.99 Å². The van der Waals surface area contributed by atoms with Crippen LogP contribution >= 0.6 is 22.6 Å². The fourth-order valence-corrected chi connectivity index (χ4v) is 1.66. The number of rotatable bonds is 1. The lowest BCUT2D eigenvalue weighted by Crippen LogP contribution is -2.33. The molecule has 14 heavy (non-hydrogen) atoms. The molecule has 1 aromatic heterocycles. The Morgan fingerprint density at radius 1 is 1.57 bits per heavy atom. The minimum Gasteiger partial charge on any atom is -0.478 e. The molecule has 1 aliphatic rings. The van der Waals surface area contributed by atoms with Crippen molar-refractivity contribution in [3.05, 3.63) is 42.9 Å². The molecule has 6 heteroatoms. The molecule has 74 valence electrons. The van der Waals surface area contributed by atoms with Gasteiger partial charge in [0.05, 0.1) is 9.83 Å². The zero-order valence-corrected chi connectivity index (χ0v) is 9.22. The second-order valence-electron chi connectivity index (χ2n) is 2.84. The number of halogens is 1. The Morgan fingerprint density at radius 2 is 2.36 bits per heavy atom. The summed E-state index contributed by atoms with van der Waals surface area (Å²) in [6.07, 6.45) is 5.19. The van der Waals surface area contributed by atoms with E-state index in [4.69, 9.17) is 4.74 Å². The summed E-state index contributed by atoms with van der Waals surface area (Å²) in [6.45, 7) is 0. The Hall–Kier alpha value is -1.05. The first-order chi connectivity index (χ1) is 6.68. The van der Waals surface area contributed by atoms with E-state index >= 15 is 0 Å². The van der Waals surface area contributed by atoms with E-state index in [0.717, 1.165) is 0 Å². The zero-order chi connectivity index (χ0) is 10.1. The van der Waals surface area contributed by atoms with E-state index in [1.165, 1.54) is 10.8 Å². The highest BCUT2D eigenvalue weighted by molar-refractivity contribution is 14.1. The second kappa shape index (κ2) is 3.60. The van der Waals surface area contributed by atoms with Gasteiger partial charge in [0.2, 0.25) is 0 Å². The Labute approximate surface area is 92.5 Å². The minimum absolute atomic E-state index is 0.326. The quantitative estimate of drug-likeness (QED) is 0.772. The molecule has 1 aromatic rings. The van der Waals surface area contributed by atoms with Crippen LogP contribution in [0.3, 0.4) is 0 Å². The number of aromatic amines is 1. The largest absolute Gasteiger partial charge is 0.478 e. The zero-order valence-electron chi connectivity index (χ0n) is 7.07. The molecule has 1 N–H and O–H groups in total. The highest BCUT2D eigenvalue weighted by Crippen LogP contribution is 2.18. The molecule has 0 aliphatic carbocycles. The molecule has 0 fully saturated rings. The molecule has 0 radical (unpaired) electrons. The maximum absolute atomic E-state index is 11.4. The van der Waals surface area contributed by atoms with Crippen LogP contribution in [0.25, 0.3) is 0 Å². The Morgan fingerprint density at radius 3 is 3.00 bits per heavy atom. The maximum Gasteiger partial charge on any atom is 0.331 e. The predicted octanol–water partition coefficient (Wildman–Crippen LogP) is 0.574. The summed E-state index contributed by atoms with van der Waals surface area (Å²) < 4.78 is 7.02. The number of H-pyrrole nitrogens is 1. The predicted molar refractivity (Wildman–Crippen MR) is 57.9 cm³/mol. The molecule has 0 unspecified atom stereocenters. The summed E-state index contributed by atoms with van der Waals surface area (Å²) in [4.78, 5) is 24.7. The molecule has 2 rings (SSSR count). The normalized spacial score (nSPS) is 19.6. The smallest absolute Gasteiger partial charge is 0.331 e. The van der Waals surface area contributed by atoms with E-state index in [2.05, 4.69) is 4.98 Å². The molecule has 1 aliphatic heterocycles. The lowest BCUT2D eigenvalue weighted by Gasteiger charge is -2.12. The number of hydrogen-bond acceptors (Lipinski definition) is 3. The van der Waals surface area contributed by atoms with Crippen LogP contribution < -0.4 is 11.2 Å². The number of hydrogen-bond donors (Lipinski definition) is 1. The van der Waals surface area contributed by atoms with Crippen molar-refractivity contribution < 1.29 is 4.74 Å². The summed E-state index contributed by atoms with van der Waals surface area (Å²) in [5.74, 6) is 0. The van der Waals surface area contributed by atoms with Gasteiger partial charge < -0.3 is 4.74 Å². The maximum atomic E-state index is 11.4. The van der Waals surface area contributed by atoms with Gasteiger partial charge in [-0.1, -0.05) is 0 Å². The lowest BCUT2D eigenvalue weighted by molar-refractivity contribution is 0.0994. The van der Waals surface area contributed by atoms with Crippen molar-refractivity contribution in [1.82, 2.24) is 9.55 Å². The van der Waals surface area contributed by atoms with Crippen molar-refractivity contribution in [2.45, 2.75) is 12.6 Å². The summed E-state index contributed by atoms with van der Waals surface area (Å²) in [5, 5.41) is 0. The van der Waals surface area contributed by atoms with Crippen LogP contribution in [0.1, 0.15) is 12.6 Å². The van der Waals surface area contributed by atoms with E-state index in [-0.39, 0.29) is 11.8 Å². The van der Waals surface area contributed by atoms with E-state index < -0.39 is 5.69 Å². The number of nitrogens with zero attached hydrogens (tertiary/aromatic N) is 1. The van der Waals surface area contributed by atoms with Crippen LogP contribution in [0.15, 0.2) is 28.1 Å². The Kier molecular flexibility index (Phi) is 2.44. The van der Waals surface area contributed by atoms with Crippen LogP contribution in [0.2, 0.25) is 0 Å². The molecular weight excluding hydrogens is 299 g/mol. The highest BCUT2D eigenvalue weighted by Gasteiger charge is 2.15. The molecular formula is C8H7IN2O3. The van der Waals surface area contributed by atoms with E-state index in [1.807, 2.05) is 28.7 Å². The van der Waals surface area contributed by atoms with Crippen LogP contribution in [0.5, 0.6) is 0 Å². The summed E-state index contributed by atoms with van der Waals surface area (Å²) in [7, 11) is 0. The third kappa shape index (κ3) is 1.61. The van der Waals surface area contributed by atoms with Gasteiger partial charge in [-0.25, -0.2) is 4.79 Å². The topological polar surface area (TPSA) is 64.1 Å². The van der Waals surface area contributed by atoms with Gasteiger partial charge in [-0.3, -0.25) is 14.3 Å². The fourth-order valence-electron chi connectivity index (χ4n) is 1.23. The van der Waals surface area contributed by atoms with Gasteiger partial charge in [-0.05, 0) is 28.7 Å². The van der Waals surface area contributed by atoms with Gasteiger partial charge in [0, 0.05) is 12.6 Å². The van der Waals surface area contributed by atoms with Gasteiger partial charge >= 0.3 is 5.69 Å². The van der Waals surface area contributed by atoms with Crippen molar-refractivity contribution in [3.63, 3.8) is 0 Å². The Bertz CT molecular complexity index is 480. The van der Waals surface area contributed by atoms with E-state index in [9.17, 15) is 9.59 Å². The molecule has 0 bridgehead atoms. The molecule has 0 aromatic carbocycles. The Balaban J connectivity index is 2.48. The molecule has 0 saturated carbocycles. The molecule has 0 saturated heterocycles. The SMILES string of the molecule is O=c1[nH]c(=O)n([C@H]2CC=CO2)cc1I. The van der Waals surface area contributed by atoms with Crippen LogP contribution in [-0.2, 0) is 4.74 Å². The average molecular weight is 306 g/mol. The number of ether oxygens (including phenoxy) is 1. The third-order valence-electron chi connectivity index (χ3n) is 1.90. The second-order valence-corrected chi connectivity index (χ2v) is 4.00. The molecule has 2 heterocycles. The lowest BCUT2D eigenvalue weighted by atomic mass is 10.4. The van der Waals surface area contributed by atoms with Crippen molar-refractivity contribution in [3.8, 4) is 0 Å². The minimum atomic E-state index is -0.441. The highest BCUT2D eigenvalue weighted by atomic mass is 127. The molecule has 5 nitrogen and oxygen atoms in total. The third-order valence-corrected chi connectivity index (χ3v) is 2.67. The van der Waals surface area contributed by atoms with Crippen LogP contribution in [-0.4, -0.2) is 9.55 Å². The van der Waals surface area contributed by atoms with Crippen molar-refractivity contribution in [1.29, 1.82) is 0 Å². The summed E-state index contributed by atoms with van der Waals surface area (Å²) in [5.41, 5.74) is -0.804. The summed E-state index contributed by atoms with van der Waals surface area (Å²) in [6, 6.07) is 0. The van der Waals surface area contributed by atoms with Crippen molar-refractivity contribution in [2.24, 2.45) is 0 Å². The van der Waals surface area contributed by atoms with Gasteiger partial charge in [0.15, 0.2) is 6.23 Å². The van der Waals surface area contributed by atoms with Gasteiger partial charge in [-0.15, -0.1) is 0 Å².